The van der Waals surface area contributed by atoms with Crippen LogP contribution in [0.1, 0.15) is 13.3 Å². The number of ether oxygens (including phenoxy) is 2. The van der Waals surface area contributed by atoms with Gasteiger partial charge in [-0.1, -0.05) is 6.92 Å². The molecule has 17 heavy (non-hydrogen) atoms. The van der Waals surface area contributed by atoms with Crippen molar-refractivity contribution in [3.8, 4) is 0 Å². The standard InChI is InChI=1S/C10H22O6Si/c1-4-10(15-8-9-7-14-9)17(12-2,13-3)16-6-5-11/h9-11H,4-8H2,1-3H3. The van der Waals surface area contributed by atoms with Gasteiger partial charge in [-0.05, 0) is 6.42 Å². The van der Waals surface area contributed by atoms with Crippen molar-refractivity contribution in [2.24, 2.45) is 0 Å². The highest BCUT2D eigenvalue weighted by atomic mass is 28.4. The average molecular weight is 266 g/mol. The molecule has 1 saturated heterocycles. The van der Waals surface area contributed by atoms with Crippen LogP contribution in [-0.4, -0.2) is 66.4 Å². The fourth-order valence-electron chi connectivity index (χ4n) is 1.60. The van der Waals surface area contributed by atoms with Crippen LogP contribution in [-0.2, 0) is 22.8 Å². The molecular weight excluding hydrogens is 244 g/mol. The number of epoxide rings is 1. The van der Waals surface area contributed by atoms with Crippen LogP contribution in [0, 0.1) is 0 Å². The second kappa shape index (κ2) is 7.42. The molecule has 1 fully saturated rings. The van der Waals surface area contributed by atoms with Crippen molar-refractivity contribution in [3.05, 3.63) is 0 Å². The minimum absolute atomic E-state index is 0.0658. The molecule has 102 valence electrons. The van der Waals surface area contributed by atoms with Crippen LogP contribution in [0.5, 0.6) is 0 Å². The number of rotatable bonds is 10. The highest BCUT2D eigenvalue weighted by Crippen LogP contribution is 2.21. The van der Waals surface area contributed by atoms with Crippen molar-refractivity contribution in [2.75, 3.05) is 40.6 Å². The Kier molecular flexibility index (Phi) is 6.56. The molecule has 0 saturated carbocycles. The highest BCUT2D eigenvalue weighted by molar-refractivity contribution is 6.62. The Morgan fingerprint density at radius 3 is 2.47 bits per heavy atom. The fraction of sp³-hybridized carbons (Fsp3) is 1.00. The minimum atomic E-state index is -2.87. The molecule has 7 heteroatoms. The average Bonchev–Trinajstić information content (AvgIpc) is 3.18. The number of aliphatic hydroxyl groups is 1. The quantitative estimate of drug-likeness (QED) is 0.442. The molecule has 0 aromatic heterocycles. The maximum Gasteiger partial charge on any atom is 0.530 e. The zero-order valence-corrected chi connectivity index (χ0v) is 11.7. The van der Waals surface area contributed by atoms with Gasteiger partial charge in [0.05, 0.1) is 26.4 Å². The second-order valence-electron chi connectivity index (χ2n) is 3.77. The summed E-state index contributed by atoms with van der Waals surface area (Å²) < 4.78 is 27.2. The third-order valence-electron chi connectivity index (χ3n) is 2.61. The van der Waals surface area contributed by atoms with Crippen LogP contribution in [0.15, 0.2) is 0 Å². The van der Waals surface area contributed by atoms with Gasteiger partial charge in [0.25, 0.3) is 0 Å². The van der Waals surface area contributed by atoms with Crippen molar-refractivity contribution in [3.63, 3.8) is 0 Å². The monoisotopic (exact) mass is 266 g/mol. The van der Waals surface area contributed by atoms with Gasteiger partial charge < -0.3 is 27.9 Å². The van der Waals surface area contributed by atoms with Gasteiger partial charge in [0, 0.05) is 14.2 Å². The lowest BCUT2D eigenvalue weighted by Crippen LogP contribution is -2.56. The lowest BCUT2D eigenvalue weighted by Gasteiger charge is -2.32. The van der Waals surface area contributed by atoms with E-state index in [0.717, 1.165) is 13.0 Å². The zero-order chi connectivity index (χ0) is 12.7. The SMILES string of the molecule is CCC(OCC1CO1)[Si](OC)(OC)OCCO. The third kappa shape index (κ3) is 4.29. The molecular formula is C10H22O6Si. The van der Waals surface area contributed by atoms with Crippen LogP contribution in [0.4, 0.5) is 0 Å². The summed E-state index contributed by atoms with van der Waals surface area (Å²) in [7, 11) is 0.226. The second-order valence-corrected chi connectivity index (χ2v) is 6.73. The first kappa shape index (κ1) is 15.0. The van der Waals surface area contributed by atoms with Crippen molar-refractivity contribution >= 4 is 8.80 Å². The van der Waals surface area contributed by atoms with Crippen molar-refractivity contribution < 1.29 is 27.9 Å². The zero-order valence-electron chi connectivity index (χ0n) is 10.7. The van der Waals surface area contributed by atoms with Crippen molar-refractivity contribution in [1.82, 2.24) is 0 Å². The largest absolute Gasteiger partial charge is 0.530 e. The van der Waals surface area contributed by atoms with E-state index in [-0.39, 0.29) is 25.0 Å². The summed E-state index contributed by atoms with van der Waals surface area (Å²) in [6.45, 7) is 3.39. The van der Waals surface area contributed by atoms with Crippen LogP contribution in [0.2, 0.25) is 0 Å². The summed E-state index contributed by atoms with van der Waals surface area (Å²) in [4.78, 5) is 0. The molecule has 0 aliphatic carbocycles. The summed E-state index contributed by atoms with van der Waals surface area (Å²) in [5.74, 6) is 0. The number of hydrogen-bond acceptors (Lipinski definition) is 6. The molecule has 1 heterocycles. The Labute approximate surface area is 103 Å². The predicted molar refractivity (Wildman–Crippen MR) is 62.6 cm³/mol. The Bertz CT molecular complexity index is 207. The lowest BCUT2D eigenvalue weighted by molar-refractivity contribution is -0.00724. The molecule has 0 spiro atoms. The van der Waals surface area contributed by atoms with E-state index in [2.05, 4.69) is 0 Å². The Balaban J connectivity index is 2.54. The molecule has 0 bridgehead atoms. The highest BCUT2D eigenvalue weighted by Gasteiger charge is 2.49. The topological polar surface area (TPSA) is 69.7 Å². The van der Waals surface area contributed by atoms with E-state index >= 15 is 0 Å². The van der Waals surface area contributed by atoms with Gasteiger partial charge in [0.15, 0.2) is 0 Å². The van der Waals surface area contributed by atoms with E-state index in [0.29, 0.717) is 6.61 Å². The Morgan fingerprint density at radius 1 is 1.41 bits per heavy atom. The van der Waals surface area contributed by atoms with Gasteiger partial charge in [-0.15, -0.1) is 0 Å². The summed E-state index contributed by atoms with van der Waals surface area (Å²) in [6, 6.07) is 0. The molecule has 0 aromatic rings. The number of aliphatic hydroxyl groups excluding tert-OH is 1. The molecule has 6 nitrogen and oxygen atoms in total. The van der Waals surface area contributed by atoms with Crippen LogP contribution in [0.25, 0.3) is 0 Å². The minimum Gasteiger partial charge on any atom is -0.394 e. The van der Waals surface area contributed by atoms with Crippen LogP contribution < -0.4 is 0 Å². The van der Waals surface area contributed by atoms with Crippen molar-refractivity contribution in [2.45, 2.75) is 25.2 Å². The number of hydrogen-bond donors (Lipinski definition) is 1. The molecule has 2 unspecified atom stereocenters. The Morgan fingerprint density at radius 2 is 2.06 bits per heavy atom. The fourth-order valence-corrected chi connectivity index (χ4v) is 3.89. The van der Waals surface area contributed by atoms with Gasteiger partial charge in [-0.25, -0.2) is 0 Å². The summed E-state index contributed by atoms with van der Waals surface area (Å²) >= 11 is 0. The molecule has 0 aromatic carbocycles. The van der Waals surface area contributed by atoms with Gasteiger partial charge in [-0.2, -0.15) is 0 Å². The van der Waals surface area contributed by atoms with Gasteiger partial charge in [0.1, 0.15) is 11.8 Å². The first-order valence-electron chi connectivity index (χ1n) is 5.80. The maximum atomic E-state index is 8.83. The molecule has 2 atom stereocenters. The molecule has 0 radical (unpaired) electrons. The van der Waals surface area contributed by atoms with Gasteiger partial charge in [0.2, 0.25) is 0 Å². The van der Waals surface area contributed by atoms with Gasteiger partial charge >= 0.3 is 8.80 Å². The van der Waals surface area contributed by atoms with E-state index in [1.807, 2.05) is 6.92 Å². The molecule has 1 N–H and O–H groups in total. The predicted octanol–water partition coefficient (Wildman–Crippen LogP) is -0.0398. The summed E-state index contributed by atoms with van der Waals surface area (Å²) in [5, 5.41) is 8.83. The lowest BCUT2D eigenvalue weighted by atomic mass is 10.5. The molecule has 0 amide bonds. The maximum absolute atomic E-state index is 8.83. The first-order chi connectivity index (χ1) is 8.22. The molecule has 1 rings (SSSR count). The third-order valence-corrected chi connectivity index (χ3v) is 5.72. The van der Waals surface area contributed by atoms with E-state index < -0.39 is 8.80 Å². The normalized spacial score (nSPS) is 21.5. The first-order valence-corrected chi connectivity index (χ1v) is 7.61. The van der Waals surface area contributed by atoms with E-state index in [1.54, 1.807) is 14.2 Å². The van der Waals surface area contributed by atoms with E-state index in [9.17, 15) is 0 Å². The van der Waals surface area contributed by atoms with E-state index in [4.69, 9.17) is 27.9 Å². The Hall–Kier alpha value is -0.0231. The van der Waals surface area contributed by atoms with Crippen molar-refractivity contribution in [1.29, 1.82) is 0 Å². The molecule has 1 aliphatic heterocycles. The van der Waals surface area contributed by atoms with Crippen LogP contribution >= 0.6 is 0 Å². The molecule has 1 aliphatic rings. The summed E-state index contributed by atoms with van der Waals surface area (Å²) in [6.07, 6.45) is 0.925. The van der Waals surface area contributed by atoms with Crippen LogP contribution in [0.3, 0.4) is 0 Å². The van der Waals surface area contributed by atoms with E-state index in [1.165, 1.54) is 0 Å². The smallest absolute Gasteiger partial charge is 0.394 e. The summed E-state index contributed by atoms with van der Waals surface area (Å²) in [5.41, 5.74) is -0.228. The van der Waals surface area contributed by atoms with Gasteiger partial charge in [-0.3, -0.25) is 0 Å².